The molecule has 0 atom stereocenters. The molecule has 0 aromatic heterocycles. The molecule has 31 heavy (non-hydrogen) atoms. The first-order valence-electron chi connectivity index (χ1n) is 11.6. The van der Waals surface area contributed by atoms with Gasteiger partial charge in [0, 0.05) is 37.6 Å². The minimum absolute atomic E-state index is 0.111. The fraction of sp³-hybridized carbons (Fsp3) is 0.462. The zero-order valence-electron chi connectivity index (χ0n) is 18.2. The number of nitrogens with zero attached hydrogens (tertiary/aromatic N) is 2. The fourth-order valence-corrected chi connectivity index (χ4v) is 4.49. The van der Waals surface area contributed by atoms with E-state index in [0.29, 0.717) is 0 Å². The highest BCUT2D eigenvalue weighted by atomic mass is 16.6. The van der Waals surface area contributed by atoms with Crippen LogP contribution < -0.4 is 9.80 Å². The molecule has 2 heterocycles. The number of benzene rings is 2. The van der Waals surface area contributed by atoms with Gasteiger partial charge in [-0.3, -0.25) is 9.59 Å². The minimum atomic E-state index is -0.499. The first-order chi connectivity index (χ1) is 15.2. The molecular weight excluding hydrogens is 388 g/mol. The van der Waals surface area contributed by atoms with Gasteiger partial charge in [-0.15, -0.1) is 0 Å². The summed E-state index contributed by atoms with van der Waals surface area (Å²) < 4.78 is 5.05. The summed E-state index contributed by atoms with van der Waals surface area (Å²) >= 11 is 0. The molecule has 0 amide bonds. The Morgan fingerprint density at radius 3 is 1.29 bits per heavy atom. The zero-order chi connectivity index (χ0) is 21.5. The molecule has 2 aromatic carbocycles. The predicted octanol–water partition coefficient (Wildman–Crippen LogP) is 4.52. The second-order valence-corrected chi connectivity index (χ2v) is 8.63. The van der Waals surface area contributed by atoms with E-state index in [1.54, 1.807) is 0 Å². The van der Waals surface area contributed by atoms with Gasteiger partial charge in [0.1, 0.15) is 0 Å². The first-order valence-corrected chi connectivity index (χ1v) is 11.6. The van der Waals surface area contributed by atoms with Crippen LogP contribution in [0.4, 0.5) is 11.4 Å². The van der Waals surface area contributed by atoms with Crippen molar-refractivity contribution in [2.45, 2.75) is 51.4 Å². The van der Waals surface area contributed by atoms with Crippen LogP contribution in [-0.2, 0) is 27.2 Å². The summed E-state index contributed by atoms with van der Waals surface area (Å²) in [6.07, 6.45) is 7.76. The van der Waals surface area contributed by atoms with Crippen molar-refractivity contribution >= 4 is 23.3 Å². The van der Waals surface area contributed by atoms with Crippen LogP contribution in [0.3, 0.4) is 0 Å². The van der Waals surface area contributed by atoms with Crippen LogP contribution >= 0.6 is 0 Å². The number of hydrogen-bond acceptors (Lipinski definition) is 5. The van der Waals surface area contributed by atoms with Crippen LogP contribution in [0.25, 0.3) is 0 Å². The van der Waals surface area contributed by atoms with Crippen LogP contribution in [0, 0.1) is 0 Å². The summed E-state index contributed by atoms with van der Waals surface area (Å²) in [5.41, 5.74) is 4.12. The van der Waals surface area contributed by atoms with Gasteiger partial charge in [-0.1, -0.05) is 24.3 Å². The molecule has 2 aliphatic heterocycles. The zero-order valence-corrected chi connectivity index (χ0v) is 18.2. The van der Waals surface area contributed by atoms with Gasteiger partial charge in [0.2, 0.25) is 0 Å². The van der Waals surface area contributed by atoms with Crippen molar-refractivity contribution in [3.63, 3.8) is 0 Å². The molecule has 0 N–H and O–H groups in total. The van der Waals surface area contributed by atoms with E-state index in [1.807, 2.05) is 24.3 Å². The molecule has 0 unspecified atom stereocenters. The molecule has 0 radical (unpaired) electrons. The Balaban J connectivity index is 1.24. The van der Waals surface area contributed by atoms with Crippen LogP contribution in [0.15, 0.2) is 48.5 Å². The lowest BCUT2D eigenvalue weighted by atomic mass is 10.1. The van der Waals surface area contributed by atoms with Gasteiger partial charge < -0.3 is 14.5 Å². The summed E-state index contributed by atoms with van der Waals surface area (Å²) in [5.74, 6) is -0.999. The molecule has 2 aromatic rings. The Morgan fingerprint density at radius 1 is 0.581 bits per heavy atom. The number of carbonyl (C=O) groups is 2. The quantitative estimate of drug-likeness (QED) is 0.508. The maximum atomic E-state index is 12.2. The maximum absolute atomic E-state index is 12.2. The Bertz CT molecular complexity index is 791. The average molecular weight is 421 g/mol. The van der Waals surface area contributed by atoms with E-state index in [0.717, 1.165) is 37.3 Å². The summed E-state index contributed by atoms with van der Waals surface area (Å²) in [4.78, 5) is 29.2. The van der Waals surface area contributed by atoms with Gasteiger partial charge in [0.15, 0.2) is 0 Å². The monoisotopic (exact) mass is 420 g/mol. The number of piperidine rings is 2. The maximum Gasteiger partial charge on any atom is 0.317 e. The van der Waals surface area contributed by atoms with E-state index in [2.05, 4.69) is 34.1 Å². The van der Waals surface area contributed by atoms with Crippen molar-refractivity contribution in [1.29, 1.82) is 0 Å². The van der Waals surface area contributed by atoms with Gasteiger partial charge in [-0.2, -0.15) is 0 Å². The second kappa shape index (κ2) is 10.5. The molecule has 0 aliphatic carbocycles. The smallest absolute Gasteiger partial charge is 0.317 e. The Labute approximate surface area is 185 Å². The topological polar surface area (TPSA) is 49.9 Å². The number of anilines is 2. The van der Waals surface area contributed by atoms with Crippen LogP contribution in [-0.4, -0.2) is 38.1 Å². The van der Waals surface area contributed by atoms with Crippen molar-refractivity contribution in [2.75, 3.05) is 36.0 Å². The molecule has 0 bridgehead atoms. The summed E-state index contributed by atoms with van der Waals surface area (Å²) in [6.45, 7) is 4.37. The van der Waals surface area contributed by atoms with Crippen molar-refractivity contribution in [3.8, 4) is 0 Å². The molecule has 0 spiro atoms. The number of carbonyl (C=O) groups excluding carboxylic acids is 2. The summed E-state index contributed by atoms with van der Waals surface area (Å²) in [6, 6.07) is 16.0. The number of ether oxygens (including phenoxy) is 1. The predicted molar refractivity (Wildman–Crippen MR) is 124 cm³/mol. The molecule has 2 aliphatic rings. The number of hydrogen-bond donors (Lipinski definition) is 0. The highest BCUT2D eigenvalue weighted by molar-refractivity contribution is 5.87. The van der Waals surface area contributed by atoms with Gasteiger partial charge in [-0.05, 0) is 73.9 Å². The van der Waals surface area contributed by atoms with Gasteiger partial charge in [-0.25, -0.2) is 0 Å². The van der Waals surface area contributed by atoms with E-state index in [1.165, 1.54) is 49.9 Å². The van der Waals surface area contributed by atoms with Gasteiger partial charge in [0.25, 0.3) is 0 Å². The average Bonchev–Trinajstić information content (AvgIpc) is 2.81. The van der Waals surface area contributed by atoms with Gasteiger partial charge >= 0.3 is 11.9 Å². The van der Waals surface area contributed by atoms with Gasteiger partial charge in [0.05, 0.1) is 12.8 Å². The van der Waals surface area contributed by atoms with E-state index >= 15 is 0 Å². The number of rotatable bonds is 6. The highest BCUT2D eigenvalue weighted by Crippen LogP contribution is 2.22. The first kappa shape index (κ1) is 21.4. The third-order valence-corrected chi connectivity index (χ3v) is 6.24. The lowest BCUT2D eigenvalue weighted by Gasteiger charge is -2.28. The van der Waals surface area contributed by atoms with Crippen molar-refractivity contribution in [2.24, 2.45) is 0 Å². The third-order valence-electron chi connectivity index (χ3n) is 6.24. The van der Waals surface area contributed by atoms with E-state index in [-0.39, 0.29) is 12.8 Å². The Morgan fingerprint density at radius 2 is 0.935 bits per heavy atom. The van der Waals surface area contributed by atoms with Crippen LogP contribution in [0.2, 0.25) is 0 Å². The largest absolute Gasteiger partial charge is 0.393 e. The third kappa shape index (κ3) is 6.09. The summed E-state index contributed by atoms with van der Waals surface area (Å²) in [7, 11) is 0. The SMILES string of the molecule is O=C(Cc1ccc(N2CCCCC2)cc1)OC(=O)Cc1ccc(N2CCCCC2)cc1. The molecule has 164 valence electrons. The van der Waals surface area contributed by atoms with E-state index < -0.39 is 11.9 Å². The highest BCUT2D eigenvalue weighted by Gasteiger charge is 2.15. The minimum Gasteiger partial charge on any atom is -0.393 e. The normalized spacial score (nSPS) is 16.8. The molecule has 0 saturated carbocycles. The standard InChI is InChI=1S/C26H32N2O3/c29-25(19-21-7-11-23(12-8-21)27-15-3-1-4-16-27)31-26(30)20-22-9-13-24(14-10-22)28-17-5-2-6-18-28/h7-14H,1-6,15-20H2. The lowest BCUT2D eigenvalue weighted by molar-refractivity contribution is -0.158. The van der Waals surface area contributed by atoms with Crippen LogP contribution in [0.1, 0.15) is 49.7 Å². The molecule has 2 fully saturated rings. The summed E-state index contributed by atoms with van der Waals surface area (Å²) in [5, 5.41) is 0. The van der Waals surface area contributed by atoms with Crippen molar-refractivity contribution in [3.05, 3.63) is 59.7 Å². The van der Waals surface area contributed by atoms with Crippen molar-refractivity contribution in [1.82, 2.24) is 0 Å². The van der Waals surface area contributed by atoms with E-state index in [9.17, 15) is 9.59 Å². The molecule has 5 heteroatoms. The second-order valence-electron chi connectivity index (χ2n) is 8.63. The van der Waals surface area contributed by atoms with Crippen molar-refractivity contribution < 1.29 is 14.3 Å². The fourth-order valence-electron chi connectivity index (χ4n) is 4.49. The van der Waals surface area contributed by atoms with E-state index in [4.69, 9.17) is 4.74 Å². The lowest BCUT2D eigenvalue weighted by Crippen LogP contribution is -2.29. The Hall–Kier alpha value is -2.82. The Kier molecular flexibility index (Phi) is 7.23. The molecule has 5 nitrogen and oxygen atoms in total. The molecule has 4 rings (SSSR count). The molecule has 2 saturated heterocycles. The molecular formula is C26H32N2O3. The van der Waals surface area contributed by atoms with Crippen LogP contribution in [0.5, 0.6) is 0 Å². The number of esters is 2.